The molecule has 7 heteroatoms. The fourth-order valence-corrected chi connectivity index (χ4v) is 2.72. The molecule has 0 aromatic heterocycles. The van der Waals surface area contributed by atoms with Crippen LogP contribution in [0.25, 0.3) is 0 Å². The molecule has 2 aromatic rings. The van der Waals surface area contributed by atoms with Crippen molar-refractivity contribution in [2.24, 2.45) is 0 Å². The highest BCUT2D eigenvalue weighted by Crippen LogP contribution is 2.22. The van der Waals surface area contributed by atoms with Crippen LogP contribution in [-0.2, 0) is 4.79 Å². The van der Waals surface area contributed by atoms with Gasteiger partial charge in [-0.15, -0.1) is 0 Å². The Hall–Kier alpha value is -3.22. The molecule has 0 saturated heterocycles. The minimum absolute atomic E-state index is 0.0881. The second-order valence-electron chi connectivity index (χ2n) is 6.44. The van der Waals surface area contributed by atoms with Crippen LogP contribution in [0.4, 0.5) is 11.4 Å². The summed E-state index contributed by atoms with van der Waals surface area (Å²) in [6.45, 7) is 2.19. The molecule has 0 aliphatic rings. The fraction of sp³-hybridized carbons (Fsp3) is 0.333. The second kappa shape index (κ2) is 9.64. The lowest BCUT2D eigenvalue weighted by Gasteiger charge is -2.22. The molecule has 2 rings (SSSR count). The lowest BCUT2D eigenvalue weighted by Crippen LogP contribution is -2.37. The van der Waals surface area contributed by atoms with Crippen LogP contribution in [0.2, 0.25) is 0 Å². The van der Waals surface area contributed by atoms with Crippen LogP contribution in [0.1, 0.15) is 17.3 Å². The first-order chi connectivity index (χ1) is 13.3. The first-order valence-electron chi connectivity index (χ1n) is 8.92. The van der Waals surface area contributed by atoms with Gasteiger partial charge in [0.1, 0.15) is 11.5 Å². The lowest BCUT2D eigenvalue weighted by atomic mass is 10.2. The number of hydrogen-bond donors (Lipinski definition) is 1. The van der Waals surface area contributed by atoms with Crippen molar-refractivity contribution >= 4 is 23.2 Å². The molecule has 0 heterocycles. The topological polar surface area (TPSA) is 71.1 Å². The predicted octanol–water partition coefficient (Wildman–Crippen LogP) is 2.55. The van der Waals surface area contributed by atoms with Gasteiger partial charge in [0.15, 0.2) is 0 Å². The molecular formula is C21H27N3O4. The van der Waals surface area contributed by atoms with Gasteiger partial charge in [0, 0.05) is 57.1 Å². The summed E-state index contributed by atoms with van der Waals surface area (Å²) in [4.78, 5) is 28.1. The van der Waals surface area contributed by atoms with Crippen LogP contribution in [-0.4, -0.2) is 53.2 Å². The number of nitrogens with one attached hydrogen (secondary N) is 1. The molecular weight excluding hydrogens is 358 g/mol. The quantitative estimate of drug-likeness (QED) is 0.756. The minimum Gasteiger partial charge on any atom is -0.497 e. The molecule has 2 amide bonds. The van der Waals surface area contributed by atoms with E-state index in [4.69, 9.17) is 9.47 Å². The van der Waals surface area contributed by atoms with Crippen LogP contribution < -0.4 is 24.6 Å². The number of rotatable bonds is 8. The van der Waals surface area contributed by atoms with E-state index in [1.54, 1.807) is 23.1 Å². The average molecular weight is 385 g/mol. The van der Waals surface area contributed by atoms with E-state index < -0.39 is 0 Å². The van der Waals surface area contributed by atoms with Gasteiger partial charge >= 0.3 is 0 Å². The zero-order valence-electron chi connectivity index (χ0n) is 17.0. The fourth-order valence-electron chi connectivity index (χ4n) is 2.72. The van der Waals surface area contributed by atoms with E-state index in [0.717, 1.165) is 11.4 Å². The lowest BCUT2D eigenvalue weighted by molar-refractivity contribution is -0.116. The van der Waals surface area contributed by atoms with Crippen LogP contribution in [0.5, 0.6) is 11.5 Å². The largest absolute Gasteiger partial charge is 0.497 e. The molecule has 7 nitrogen and oxygen atoms in total. The average Bonchev–Trinajstić information content (AvgIpc) is 2.70. The Morgan fingerprint density at radius 1 is 0.929 bits per heavy atom. The number of hydrogen-bond acceptors (Lipinski definition) is 5. The Morgan fingerprint density at radius 3 is 1.93 bits per heavy atom. The summed E-state index contributed by atoms with van der Waals surface area (Å²) in [5, 5.41) is 2.83. The Morgan fingerprint density at radius 2 is 1.46 bits per heavy atom. The molecule has 150 valence electrons. The van der Waals surface area contributed by atoms with E-state index in [9.17, 15) is 9.59 Å². The number of carbonyl (C=O) groups is 2. The maximum Gasteiger partial charge on any atom is 0.251 e. The van der Waals surface area contributed by atoms with Gasteiger partial charge < -0.3 is 24.6 Å². The normalized spacial score (nSPS) is 10.2. The van der Waals surface area contributed by atoms with Gasteiger partial charge in [0.2, 0.25) is 5.91 Å². The first kappa shape index (κ1) is 21.1. The van der Waals surface area contributed by atoms with E-state index in [1.807, 2.05) is 43.3 Å². The summed E-state index contributed by atoms with van der Waals surface area (Å²) >= 11 is 0. The number of methoxy groups -OCH3 is 2. The monoisotopic (exact) mass is 385 g/mol. The van der Waals surface area contributed by atoms with E-state index in [-0.39, 0.29) is 11.8 Å². The maximum absolute atomic E-state index is 12.5. The molecule has 1 N–H and O–H groups in total. The summed E-state index contributed by atoms with van der Waals surface area (Å²) < 4.78 is 10.4. The van der Waals surface area contributed by atoms with Gasteiger partial charge in [0.05, 0.1) is 14.2 Å². The van der Waals surface area contributed by atoms with Crippen molar-refractivity contribution in [1.82, 2.24) is 5.32 Å². The predicted molar refractivity (Wildman–Crippen MR) is 111 cm³/mol. The van der Waals surface area contributed by atoms with E-state index >= 15 is 0 Å². The Labute approximate surface area is 165 Å². The third-order valence-electron chi connectivity index (χ3n) is 4.29. The maximum atomic E-state index is 12.5. The molecule has 0 fully saturated rings. The van der Waals surface area contributed by atoms with Gasteiger partial charge in [-0.25, -0.2) is 0 Å². The van der Waals surface area contributed by atoms with Crippen molar-refractivity contribution in [2.45, 2.75) is 6.92 Å². The molecule has 0 bridgehead atoms. The van der Waals surface area contributed by atoms with Crippen LogP contribution in [0.15, 0.2) is 42.5 Å². The van der Waals surface area contributed by atoms with Crippen molar-refractivity contribution in [3.8, 4) is 11.5 Å². The SMILES string of the molecule is COc1cc(OC)cc(C(=O)NCCN(C(C)=O)c2ccc(N(C)C)cc2)c1. The van der Waals surface area contributed by atoms with Crippen LogP contribution >= 0.6 is 0 Å². The summed E-state index contributed by atoms with van der Waals surface area (Å²) in [5.74, 6) is 0.727. The van der Waals surface area contributed by atoms with Gasteiger partial charge in [-0.1, -0.05) is 0 Å². The molecule has 0 unspecified atom stereocenters. The van der Waals surface area contributed by atoms with Crippen molar-refractivity contribution in [3.63, 3.8) is 0 Å². The molecule has 0 aliphatic heterocycles. The van der Waals surface area contributed by atoms with Crippen LogP contribution in [0, 0.1) is 0 Å². The van der Waals surface area contributed by atoms with Gasteiger partial charge in [0.25, 0.3) is 5.91 Å². The standard InChI is InChI=1S/C21H27N3O4/c1-15(25)24(18-8-6-17(7-9-18)23(2)3)11-10-22-21(26)16-12-19(27-4)14-20(13-16)28-5/h6-9,12-14H,10-11H2,1-5H3,(H,22,26). The number of benzene rings is 2. The zero-order valence-corrected chi connectivity index (χ0v) is 17.0. The number of amides is 2. The molecule has 0 saturated carbocycles. The number of carbonyl (C=O) groups excluding carboxylic acids is 2. The van der Waals surface area contributed by atoms with Crippen molar-refractivity contribution < 1.29 is 19.1 Å². The van der Waals surface area contributed by atoms with Gasteiger partial charge in [-0.05, 0) is 36.4 Å². The Bertz CT molecular complexity index is 797. The van der Waals surface area contributed by atoms with Crippen molar-refractivity contribution in [1.29, 1.82) is 0 Å². The van der Waals surface area contributed by atoms with Crippen LogP contribution in [0.3, 0.4) is 0 Å². The van der Waals surface area contributed by atoms with E-state index in [2.05, 4.69) is 5.32 Å². The highest BCUT2D eigenvalue weighted by molar-refractivity contribution is 5.95. The van der Waals surface area contributed by atoms with E-state index in [1.165, 1.54) is 21.1 Å². The van der Waals surface area contributed by atoms with Crippen molar-refractivity contribution in [2.75, 3.05) is 51.2 Å². The molecule has 2 aromatic carbocycles. The number of nitrogens with zero attached hydrogens (tertiary/aromatic N) is 2. The molecule has 0 aliphatic carbocycles. The highest BCUT2D eigenvalue weighted by atomic mass is 16.5. The Balaban J connectivity index is 2.03. The molecule has 0 spiro atoms. The summed E-state index contributed by atoms with van der Waals surface area (Å²) in [6, 6.07) is 12.7. The third-order valence-corrected chi connectivity index (χ3v) is 4.29. The third kappa shape index (κ3) is 5.39. The van der Waals surface area contributed by atoms with Crippen molar-refractivity contribution in [3.05, 3.63) is 48.0 Å². The number of ether oxygens (including phenoxy) is 2. The molecule has 28 heavy (non-hydrogen) atoms. The summed E-state index contributed by atoms with van der Waals surface area (Å²) in [5.41, 5.74) is 2.27. The van der Waals surface area contributed by atoms with Gasteiger partial charge in [-0.2, -0.15) is 0 Å². The zero-order chi connectivity index (χ0) is 20.7. The molecule has 0 radical (unpaired) electrons. The smallest absolute Gasteiger partial charge is 0.251 e. The summed E-state index contributed by atoms with van der Waals surface area (Å²) in [7, 11) is 6.98. The molecule has 0 atom stereocenters. The Kier molecular flexibility index (Phi) is 7.26. The summed E-state index contributed by atoms with van der Waals surface area (Å²) in [6.07, 6.45) is 0. The second-order valence-corrected chi connectivity index (χ2v) is 6.44. The minimum atomic E-state index is -0.261. The van der Waals surface area contributed by atoms with Gasteiger partial charge in [-0.3, -0.25) is 9.59 Å². The first-order valence-corrected chi connectivity index (χ1v) is 8.92. The van der Waals surface area contributed by atoms with E-state index in [0.29, 0.717) is 30.2 Å². The number of anilines is 2. The highest BCUT2D eigenvalue weighted by Gasteiger charge is 2.14.